The van der Waals surface area contributed by atoms with Gasteiger partial charge in [-0.15, -0.1) is 0 Å². The van der Waals surface area contributed by atoms with Crippen molar-refractivity contribution < 1.29 is 9.18 Å². The van der Waals surface area contributed by atoms with Crippen molar-refractivity contribution in [2.45, 2.75) is 19.5 Å². The highest BCUT2D eigenvalue weighted by Gasteiger charge is 2.12. The number of carbonyl (C=O) groups excluding carboxylic acids is 1. The minimum absolute atomic E-state index is 0.248. The first-order valence-electron chi connectivity index (χ1n) is 9.22. The van der Waals surface area contributed by atoms with E-state index in [1.54, 1.807) is 0 Å². The summed E-state index contributed by atoms with van der Waals surface area (Å²) in [5.74, 6) is 0.188. The van der Waals surface area contributed by atoms with Crippen LogP contribution >= 0.6 is 0 Å². The summed E-state index contributed by atoms with van der Waals surface area (Å²) in [4.78, 5) is 17.1. The van der Waals surface area contributed by atoms with Crippen molar-refractivity contribution in [3.8, 4) is 0 Å². The van der Waals surface area contributed by atoms with Crippen LogP contribution < -0.4 is 5.32 Å². The number of nitrogens with zero attached hydrogens (tertiary/aromatic N) is 2. The number of hydrogen-bond donors (Lipinski definition) is 1. The maximum atomic E-state index is 13.1. The van der Waals surface area contributed by atoms with Gasteiger partial charge in [-0.2, -0.15) is 0 Å². The molecule has 0 radical (unpaired) electrons. The van der Waals surface area contributed by atoms with E-state index in [0.29, 0.717) is 12.1 Å². The lowest BCUT2D eigenvalue weighted by atomic mass is 10.1. The highest BCUT2D eigenvalue weighted by Crippen LogP contribution is 2.17. The molecule has 0 bridgehead atoms. The SMILES string of the molecule is O=C(NCc1nc2ccccc2n1CCc1ccccc1)c1ccc(F)cc1. The van der Waals surface area contributed by atoms with Crippen molar-refractivity contribution >= 4 is 16.9 Å². The number of halogens is 1. The largest absolute Gasteiger partial charge is 0.345 e. The highest BCUT2D eigenvalue weighted by molar-refractivity contribution is 5.94. The van der Waals surface area contributed by atoms with Gasteiger partial charge in [0, 0.05) is 12.1 Å². The first-order chi connectivity index (χ1) is 13.7. The average Bonchev–Trinajstić information content (AvgIpc) is 3.09. The Morgan fingerprint density at radius 2 is 1.64 bits per heavy atom. The zero-order chi connectivity index (χ0) is 19.3. The Bertz CT molecular complexity index is 1090. The van der Waals surface area contributed by atoms with Crippen molar-refractivity contribution in [1.82, 2.24) is 14.9 Å². The summed E-state index contributed by atoms with van der Waals surface area (Å²) < 4.78 is 15.2. The molecule has 5 heteroatoms. The van der Waals surface area contributed by atoms with Crippen LogP contribution in [0.2, 0.25) is 0 Å². The first-order valence-corrected chi connectivity index (χ1v) is 9.22. The summed E-state index contributed by atoms with van der Waals surface area (Å²) in [6, 6.07) is 23.8. The lowest BCUT2D eigenvalue weighted by Crippen LogP contribution is -2.25. The average molecular weight is 373 g/mol. The second-order valence-electron chi connectivity index (χ2n) is 6.59. The molecule has 4 nitrogen and oxygen atoms in total. The molecule has 140 valence electrons. The predicted octanol–water partition coefficient (Wildman–Crippen LogP) is 4.35. The zero-order valence-electron chi connectivity index (χ0n) is 15.3. The van der Waals surface area contributed by atoms with Crippen LogP contribution in [-0.2, 0) is 19.5 Å². The lowest BCUT2D eigenvalue weighted by molar-refractivity contribution is 0.0949. The van der Waals surface area contributed by atoms with Gasteiger partial charge in [0.2, 0.25) is 0 Å². The van der Waals surface area contributed by atoms with Crippen LogP contribution in [0.5, 0.6) is 0 Å². The molecule has 0 aliphatic carbocycles. The number of rotatable bonds is 6. The Balaban J connectivity index is 1.54. The van der Waals surface area contributed by atoms with Gasteiger partial charge in [-0.05, 0) is 48.4 Å². The monoisotopic (exact) mass is 373 g/mol. The van der Waals surface area contributed by atoms with Crippen LogP contribution in [0.15, 0.2) is 78.9 Å². The van der Waals surface area contributed by atoms with Gasteiger partial charge in [0.25, 0.3) is 5.91 Å². The fraction of sp³-hybridized carbons (Fsp3) is 0.130. The summed E-state index contributed by atoms with van der Waals surface area (Å²) in [5, 5.41) is 2.89. The quantitative estimate of drug-likeness (QED) is 0.546. The normalized spacial score (nSPS) is 10.9. The van der Waals surface area contributed by atoms with E-state index in [4.69, 9.17) is 4.98 Å². The summed E-state index contributed by atoms with van der Waals surface area (Å²) in [7, 11) is 0. The zero-order valence-corrected chi connectivity index (χ0v) is 15.3. The molecule has 3 aromatic carbocycles. The number of aromatic nitrogens is 2. The highest BCUT2D eigenvalue weighted by atomic mass is 19.1. The molecular weight excluding hydrogens is 353 g/mol. The molecule has 0 spiro atoms. The standard InChI is InChI=1S/C23H20FN3O/c24-19-12-10-18(11-13-19)23(28)25-16-22-26-20-8-4-5-9-21(20)27(22)15-14-17-6-2-1-3-7-17/h1-13H,14-16H2,(H,25,28). The van der Waals surface area contributed by atoms with Crippen molar-refractivity contribution in [1.29, 1.82) is 0 Å². The molecule has 4 aromatic rings. The van der Waals surface area contributed by atoms with Crippen molar-refractivity contribution in [3.05, 3.63) is 102 Å². The Kier molecular flexibility index (Phi) is 5.15. The number of amides is 1. The topological polar surface area (TPSA) is 46.9 Å². The van der Waals surface area contributed by atoms with E-state index >= 15 is 0 Å². The Morgan fingerprint density at radius 1 is 0.929 bits per heavy atom. The smallest absolute Gasteiger partial charge is 0.251 e. The maximum absolute atomic E-state index is 13.1. The molecule has 0 saturated heterocycles. The second-order valence-corrected chi connectivity index (χ2v) is 6.59. The fourth-order valence-electron chi connectivity index (χ4n) is 3.26. The second kappa shape index (κ2) is 8.05. The number of nitrogens with one attached hydrogen (secondary N) is 1. The van der Waals surface area contributed by atoms with Gasteiger partial charge < -0.3 is 9.88 Å². The summed E-state index contributed by atoms with van der Waals surface area (Å²) in [6.45, 7) is 1.08. The van der Waals surface area contributed by atoms with Gasteiger partial charge in [-0.1, -0.05) is 42.5 Å². The van der Waals surface area contributed by atoms with Gasteiger partial charge in [-0.25, -0.2) is 9.37 Å². The number of imidazole rings is 1. The molecule has 1 N–H and O–H groups in total. The number of aryl methyl sites for hydroxylation is 2. The molecule has 28 heavy (non-hydrogen) atoms. The molecular formula is C23H20FN3O. The van der Waals surface area contributed by atoms with Gasteiger partial charge in [-0.3, -0.25) is 4.79 Å². The number of para-hydroxylation sites is 2. The van der Waals surface area contributed by atoms with Gasteiger partial charge >= 0.3 is 0 Å². The number of carbonyl (C=O) groups is 1. The molecule has 0 aliphatic heterocycles. The summed E-state index contributed by atoms with van der Waals surface area (Å²) in [5.41, 5.74) is 3.63. The fourth-order valence-corrected chi connectivity index (χ4v) is 3.26. The molecule has 0 fully saturated rings. The van der Waals surface area contributed by atoms with E-state index in [0.717, 1.165) is 29.8 Å². The van der Waals surface area contributed by atoms with E-state index in [1.165, 1.54) is 29.8 Å². The molecule has 1 aromatic heterocycles. The maximum Gasteiger partial charge on any atom is 0.251 e. The predicted molar refractivity (Wildman–Crippen MR) is 107 cm³/mol. The third-order valence-corrected chi connectivity index (χ3v) is 4.71. The van der Waals surface area contributed by atoms with Crippen LogP contribution in [-0.4, -0.2) is 15.5 Å². The van der Waals surface area contributed by atoms with Gasteiger partial charge in [0.1, 0.15) is 11.6 Å². The third-order valence-electron chi connectivity index (χ3n) is 4.71. The van der Waals surface area contributed by atoms with Crippen molar-refractivity contribution in [2.75, 3.05) is 0 Å². The third kappa shape index (κ3) is 3.93. The van der Waals surface area contributed by atoms with Crippen LogP contribution in [0.4, 0.5) is 4.39 Å². The Labute approximate surface area is 162 Å². The van der Waals surface area contributed by atoms with E-state index in [1.807, 2.05) is 42.5 Å². The first kappa shape index (κ1) is 17.9. The number of hydrogen-bond acceptors (Lipinski definition) is 2. The van der Waals surface area contributed by atoms with E-state index in [-0.39, 0.29) is 11.7 Å². The number of benzene rings is 3. The molecule has 0 atom stereocenters. The Hall–Kier alpha value is -3.47. The van der Waals surface area contributed by atoms with E-state index in [2.05, 4.69) is 22.0 Å². The molecule has 0 unspecified atom stereocenters. The van der Waals surface area contributed by atoms with Crippen LogP contribution in [0.3, 0.4) is 0 Å². The van der Waals surface area contributed by atoms with Crippen molar-refractivity contribution in [2.24, 2.45) is 0 Å². The Morgan fingerprint density at radius 3 is 2.43 bits per heavy atom. The van der Waals surface area contributed by atoms with E-state index < -0.39 is 0 Å². The molecule has 0 aliphatic rings. The number of fused-ring (bicyclic) bond motifs is 1. The van der Waals surface area contributed by atoms with Gasteiger partial charge in [0.15, 0.2) is 0 Å². The van der Waals surface area contributed by atoms with E-state index in [9.17, 15) is 9.18 Å². The van der Waals surface area contributed by atoms with Crippen LogP contribution in [0.1, 0.15) is 21.7 Å². The summed E-state index contributed by atoms with van der Waals surface area (Å²) >= 11 is 0. The van der Waals surface area contributed by atoms with Crippen LogP contribution in [0, 0.1) is 5.82 Å². The van der Waals surface area contributed by atoms with Crippen molar-refractivity contribution in [3.63, 3.8) is 0 Å². The lowest BCUT2D eigenvalue weighted by Gasteiger charge is -2.10. The molecule has 1 amide bonds. The minimum atomic E-state index is -0.362. The van der Waals surface area contributed by atoms with Crippen LogP contribution in [0.25, 0.3) is 11.0 Å². The molecule has 1 heterocycles. The molecule has 4 rings (SSSR count). The van der Waals surface area contributed by atoms with Gasteiger partial charge in [0.05, 0.1) is 17.6 Å². The minimum Gasteiger partial charge on any atom is -0.345 e. The molecule has 0 saturated carbocycles. The summed E-state index contributed by atoms with van der Waals surface area (Å²) in [6.07, 6.45) is 0.875.